The minimum absolute atomic E-state index is 0.00506. The topological polar surface area (TPSA) is 78.3 Å². The number of carbonyl (C=O) groups is 1. The van der Waals surface area contributed by atoms with Crippen molar-refractivity contribution in [3.05, 3.63) is 173 Å². The van der Waals surface area contributed by atoms with E-state index in [-0.39, 0.29) is 31.2 Å². The Bertz CT molecular complexity index is 2060. The highest BCUT2D eigenvalue weighted by Crippen LogP contribution is 2.54. The first-order valence-corrected chi connectivity index (χ1v) is 16.8. The largest absolute Gasteiger partial charge is 0.442 e. The summed E-state index contributed by atoms with van der Waals surface area (Å²) >= 11 is 27.0. The molecule has 0 bridgehead atoms. The van der Waals surface area contributed by atoms with E-state index in [1.54, 1.807) is 0 Å². The van der Waals surface area contributed by atoms with Gasteiger partial charge in [0.05, 0.1) is 25.7 Å². The Morgan fingerprint density at radius 3 is 1.46 bits per heavy atom. The number of cyclic esters (lactones) is 1. The maximum atomic E-state index is 14.0. The van der Waals surface area contributed by atoms with Crippen LogP contribution in [0.15, 0.2) is 97.1 Å². The number of benzene rings is 5. The predicted molar refractivity (Wildman–Crippen MR) is 201 cm³/mol. The fraction of sp³-hybridized carbons (Fsp3) is 0.125. The highest BCUT2D eigenvalue weighted by Gasteiger charge is 2.48. The molecule has 5 aromatic carbocycles. The third-order valence-corrected chi connectivity index (χ3v) is 11.0. The van der Waals surface area contributed by atoms with Gasteiger partial charge in [0.2, 0.25) is 0 Å². The molecule has 0 fully saturated rings. The number of anilines is 2. The van der Waals surface area contributed by atoms with Crippen molar-refractivity contribution in [2.45, 2.75) is 33.3 Å². The van der Waals surface area contributed by atoms with E-state index in [2.05, 4.69) is 0 Å². The molecule has 0 unspecified atom stereocenters. The molecular weight excluding hydrogens is 682 g/mol. The molecule has 0 spiro atoms. The number of hydrogen-bond acceptors (Lipinski definition) is 4. The van der Waals surface area contributed by atoms with Crippen LogP contribution in [0.2, 0.25) is 20.1 Å². The van der Waals surface area contributed by atoms with Crippen LogP contribution in [0.5, 0.6) is 0 Å². The minimum Gasteiger partial charge on any atom is -0.442 e. The molecule has 0 amide bonds. The zero-order chi connectivity index (χ0) is 34.5. The van der Waals surface area contributed by atoms with Crippen molar-refractivity contribution in [1.82, 2.24) is 0 Å². The zero-order valence-electron chi connectivity index (χ0n) is 26.7. The molecule has 1 heterocycles. The SMILES string of the molecule is Cc1ccc(C(=CC2(C=C(c3ccccc3)c3ccc(C)c(C)c3N)OC(=O)c3c(Cl)c(Cl)c(Cl)c(Cl)c32)c2ccccc2)c(N)c1C. The summed E-state index contributed by atoms with van der Waals surface area (Å²) in [5.74, 6) is -0.705. The fourth-order valence-electron chi connectivity index (χ4n) is 6.13. The van der Waals surface area contributed by atoms with Crippen molar-refractivity contribution in [2.75, 3.05) is 11.5 Å². The van der Waals surface area contributed by atoms with Gasteiger partial charge in [0, 0.05) is 28.1 Å². The Hall–Kier alpha value is -4.19. The van der Waals surface area contributed by atoms with Crippen molar-refractivity contribution < 1.29 is 9.53 Å². The van der Waals surface area contributed by atoms with Crippen LogP contribution >= 0.6 is 46.4 Å². The van der Waals surface area contributed by atoms with Gasteiger partial charge in [-0.25, -0.2) is 4.79 Å². The normalized spacial score (nSPS) is 16.2. The Kier molecular flexibility index (Phi) is 9.14. The molecule has 6 rings (SSSR count). The number of rotatable bonds is 6. The molecule has 0 aromatic heterocycles. The first kappa shape index (κ1) is 33.7. The summed E-state index contributed by atoms with van der Waals surface area (Å²) in [5.41, 5.74) is 22.0. The van der Waals surface area contributed by atoms with Gasteiger partial charge < -0.3 is 16.2 Å². The molecular formula is C40H32Cl4N2O2. The maximum Gasteiger partial charge on any atom is 0.341 e. The molecule has 242 valence electrons. The highest BCUT2D eigenvalue weighted by atomic mass is 35.5. The van der Waals surface area contributed by atoms with Gasteiger partial charge >= 0.3 is 5.97 Å². The lowest BCUT2D eigenvalue weighted by molar-refractivity contribution is 0.0300. The molecule has 1 aliphatic heterocycles. The Morgan fingerprint density at radius 2 is 1.02 bits per heavy atom. The maximum absolute atomic E-state index is 14.0. The molecule has 5 aromatic rings. The number of esters is 1. The third kappa shape index (κ3) is 5.67. The van der Waals surface area contributed by atoms with E-state index < -0.39 is 11.6 Å². The van der Waals surface area contributed by atoms with E-state index in [4.69, 9.17) is 62.6 Å². The van der Waals surface area contributed by atoms with Crippen LogP contribution in [-0.4, -0.2) is 5.97 Å². The van der Waals surface area contributed by atoms with Crippen LogP contribution in [0, 0.1) is 27.7 Å². The van der Waals surface area contributed by atoms with Crippen LogP contribution in [0.1, 0.15) is 60.4 Å². The molecule has 4 nitrogen and oxygen atoms in total. The van der Waals surface area contributed by atoms with Crippen LogP contribution in [-0.2, 0) is 10.3 Å². The minimum atomic E-state index is -1.66. The second-order valence-corrected chi connectivity index (χ2v) is 13.5. The van der Waals surface area contributed by atoms with Gasteiger partial charge in [-0.05, 0) is 84.4 Å². The van der Waals surface area contributed by atoms with Gasteiger partial charge in [-0.2, -0.15) is 0 Å². The summed E-state index contributed by atoms with van der Waals surface area (Å²) in [6, 6.07) is 27.4. The van der Waals surface area contributed by atoms with Gasteiger partial charge in [-0.1, -0.05) is 131 Å². The summed E-state index contributed by atoms with van der Waals surface area (Å²) in [6.45, 7) is 7.97. The van der Waals surface area contributed by atoms with Crippen LogP contribution < -0.4 is 11.5 Å². The first-order chi connectivity index (χ1) is 22.9. The van der Waals surface area contributed by atoms with Gasteiger partial charge in [0.15, 0.2) is 5.60 Å². The third-order valence-electron chi connectivity index (χ3n) is 9.16. The average molecular weight is 715 g/mol. The monoisotopic (exact) mass is 712 g/mol. The van der Waals surface area contributed by atoms with E-state index >= 15 is 0 Å². The zero-order valence-corrected chi connectivity index (χ0v) is 29.7. The number of ether oxygens (including phenoxy) is 1. The molecule has 4 N–H and O–H groups in total. The number of nitrogens with two attached hydrogens (primary N) is 2. The average Bonchev–Trinajstić information content (AvgIpc) is 3.38. The van der Waals surface area contributed by atoms with E-state index in [1.165, 1.54) is 0 Å². The second kappa shape index (κ2) is 13.0. The summed E-state index contributed by atoms with van der Waals surface area (Å²) in [5, 5.41) is -0.0364. The van der Waals surface area contributed by atoms with Crippen molar-refractivity contribution in [3.8, 4) is 0 Å². The van der Waals surface area contributed by atoms with E-state index in [1.807, 2.05) is 125 Å². The fourth-order valence-corrected chi connectivity index (χ4v) is 7.21. The van der Waals surface area contributed by atoms with E-state index in [0.29, 0.717) is 22.5 Å². The lowest BCUT2D eigenvalue weighted by Crippen LogP contribution is -2.23. The Labute approximate surface area is 300 Å². The number of carbonyl (C=O) groups excluding carboxylic acids is 1. The van der Waals surface area contributed by atoms with Crippen LogP contribution in [0.4, 0.5) is 11.4 Å². The predicted octanol–water partition coefficient (Wildman–Crippen LogP) is 11.3. The molecule has 0 atom stereocenters. The summed E-state index contributed by atoms with van der Waals surface area (Å²) in [4.78, 5) is 14.0. The lowest BCUT2D eigenvalue weighted by Gasteiger charge is -2.28. The number of fused-ring (bicyclic) bond motifs is 1. The van der Waals surface area contributed by atoms with Crippen molar-refractivity contribution in [1.29, 1.82) is 0 Å². The molecule has 1 aliphatic rings. The van der Waals surface area contributed by atoms with Crippen molar-refractivity contribution >= 4 is 74.9 Å². The number of hydrogen-bond donors (Lipinski definition) is 2. The molecule has 0 aliphatic carbocycles. The number of nitrogen functional groups attached to an aromatic ring is 2. The quantitative estimate of drug-likeness (QED) is 0.0794. The highest BCUT2D eigenvalue weighted by molar-refractivity contribution is 6.53. The number of halogens is 4. The van der Waals surface area contributed by atoms with Crippen LogP contribution in [0.3, 0.4) is 0 Å². The Balaban J connectivity index is 1.82. The van der Waals surface area contributed by atoms with Gasteiger partial charge in [-0.15, -0.1) is 0 Å². The van der Waals surface area contributed by atoms with Crippen molar-refractivity contribution in [3.63, 3.8) is 0 Å². The first-order valence-electron chi connectivity index (χ1n) is 15.2. The van der Waals surface area contributed by atoms with Crippen LogP contribution in [0.25, 0.3) is 11.1 Å². The number of aryl methyl sites for hydroxylation is 2. The molecule has 0 saturated heterocycles. The van der Waals surface area contributed by atoms with Gasteiger partial charge in [-0.3, -0.25) is 0 Å². The Morgan fingerprint density at radius 1 is 0.604 bits per heavy atom. The lowest BCUT2D eigenvalue weighted by atomic mass is 9.82. The molecule has 0 saturated carbocycles. The second-order valence-electron chi connectivity index (χ2n) is 12.0. The van der Waals surface area contributed by atoms with Crippen molar-refractivity contribution in [2.24, 2.45) is 0 Å². The molecule has 48 heavy (non-hydrogen) atoms. The summed E-state index contributed by atoms with van der Waals surface area (Å²) in [6.07, 6.45) is 3.72. The van der Waals surface area contributed by atoms with Gasteiger partial charge in [0.25, 0.3) is 0 Å². The van der Waals surface area contributed by atoms with Gasteiger partial charge in [0.1, 0.15) is 0 Å². The molecule has 0 radical (unpaired) electrons. The molecule has 8 heteroatoms. The van der Waals surface area contributed by atoms with E-state index in [9.17, 15) is 4.79 Å². The summed E-state index contributed by atoms with van der Waals surface area (Å²) < 4.78 is 6.47. The van der Waals surface area contributed by atoms with E-state index in [0.717, 1.165) is 44.5 Å². The summed E-state index contributed by atoms with van der Waals surface area (Å²) in [7, 11) is 0. The smallest absolute Gasteiger partial charge is 0.341 e. The standard InChI is InChI=1S/C40H32Cl4N2O2/c1-21-15-17-27(37(45)23(21)3)29(25-11-7-5-8-12-25)19-40(32-31(39(47)48-40)33(41)35(43)36(44)34(32)42)20-30(26-13-9-6-10-14-26)28-18-16-22(2)24(4)38(28)46/h5-20H,45-46H2,1-4H3.